The maximum atomic E-state index is 12.6. The van der Waals surface area contributed by atoms with E-state index < -0.39 is 15.7 Å². The summed E-state index contributed by atoms with van der Waals surface area (Å²) in [5, 5.41) is 5.76. The van der Waals surface area contributed by atoms with Gasteiger partial charge in [-0.05, 0) is 42.5 Å². The maximum absolute atomic E-state index is 12.6. The van der Waals surface area contributed by atoms with Gasteiger partial charge in [0.2, 0.25) is 0 Å². The predicted molar refractivity (Wildman–Crippen MR) is 116 cm³/mol. The third kappa shape index (κ3) is 3.94. The fourth-order valence-corrected chi connectivity index (χ4v) is 4.51. The predicted octanol–water partition coefficient (Wildman–Crippen LogP) is 4.61. The molecule has 2 aromatic carbocycles. The van der Waals surface area contributed by atoms with Crippen LogP contribution in [0, 0.1) is 0 Å². The number of sulfone groups is 1. The van der Waals surface area contributed by atoms with Crippen LogP contribution in [0.2, 0.25) is 0 Å². The van der Waals surface area contributed by atoms with E-state index in [1.165, 1.54) is 23.5 Å². The number of rotatable bonds is 6. The van der Waals surface area contributed by atoms with Crippen LogP contribution in [0.3, 0.4) is 0 Å². The summed E-state index contributed by atoms with van der Waals surface area (Å²) in [5.41, 5.74) is 1.54. The Morgan fingerprint density at radius 1 is 1.20 bits per heavy atom. The molecule has 1 N–H and O–H groups in total. The summed E-state index contributed by atoms with van der Waals surface area (Å²) in [6.45, 7) is 1.56. The second kappa shape index (κ2) is 7.92. The Labute approximate surface area is 177 Å². The van der Waals surface area contributed by atoms with E-state index in [-0.39, 0.29) is 16.2 Å². The largest absolute Gasteiger partial charge is 0.497 e. The van der Waals surface area contributed by atoms with Crippen molar-refractivity contribution < 1.29 is 22.4 Å². The van der Waals surface area contributed by atoms with Gasteiger partial charge in [-0.2, -0.15) is 0 Å². The van der Waals surface area contributed by atoms with Gasteiger partial charge in [0.25, 0.3) is 5.91 Å². The molecule has 2 heterocycles. The van der Waals surface area contributed by atoms with E-state index in [4.69, 9.17) is 9.15 Å². The Hall–Kier alpha value is -3.17. The van der Waals surface area contributed by atoms with Crippen LogP contribution in [-0.4, -0.2) is 32.2 Å². The molecule has 0 aliphatic heterocycles. The molecule has 0 radical (unpaired) electrons. The highest BCUT2D eigenvalue weighted by atomic mass is 32.2. The number of furan rings is 1. The van der Waals surface area contributed by atoms with Crippen LogP contribution in [-0.2, 0) is 9.84 Å². The molecule has 30 heavy (non-hydrogen) atoms. The Morgan fingerprint density at radius 3 is 2.80 bits per heavy atom. The monoisotopic (exact) mass is 442 g/mol. The van der Waals surface area contributed by atoms with Gasteiger partial charge >= 0.3 is 0 Å². The summed E-state index contributed by atoms with van der Waals surface area (Å²) in [5.74, 6) is 0.843. The molecular weight excluding hydrogens is 424 g/mol. The SMILES string of the molecule is CCS(=O)(=O)c1cccc(C(=O)Nc2nc(-c3cc4cc(OC)ccc4o3)cs2)c1. The van der Waals surface area contributed by atoms with E-state index in [0.29, 0.717) is 22.2 Å². The lowest BCUT2D eigenvalue weighted by molar-refractivity contribution is 0.102. The molecule has 9 heteroatoms. The van der Waals surface area contributed by atoms with E-state index in [0.717, 1.165) is 11.1 Å². The van der Waals surface area contributed by atoms with Gasteiger partial charge in [-0.3, -0.25) is 10.1 Å². The molecule has 0 atom stereocenters. The zero-order valence-electron chi connectivity index (χ0n) is 16.2. The molecule has 0 aliphatic carbocycles. The van der Waals surface area contributed by atoms with Crippen LogP contribution >= 0.6 is 11.3 Å². The molecule has 4 rings (SSSR count). The Bertz CT molecular complexity index is 1340. The number of fused-ring (bicyclic) bond motifs is 1. The van der Waals surface area contributed by atoms with Crippen LogP contribution < -0.4 is 10.1 Å². The smallest absolute Gasteiger partial charge is 0.257 e. The number of carbonyl (C=O) groups is 1. The normalized spacial score (nSPS) is 11.5. The molecule has 1 amide bonds. The van der Waals surface area contributed by atoms with Gasteiger partial charge < -0.3 is 9.15 Å². The topological polar surface area (TPSA) is 98.5 Å². The number of nitrogens with zero attached hydrogens (tertiary/aromatic N) is 1. The highest BCUT2D eigenvalue weighted by molar-refractivity contribution is 7.91. The molecular formula is C21H18N2O5S2. The molecule has 4 aromatic rings. The number of carbonyl (C=O) groups excluding carboxylic acids is 1. The number of hydrogen-bond acceptors (Lipinski definition) is 7. The molecule has 0 spiro atoms. The van der Waals surface area contributed by atoms with Gasteiger partial charge in [-0.1, -0.05) is 13.0 Å². The minimum absolute atomic E-state index is 0.0305. The van der Waals surface area contributed by atoms with Crippen LogP contribution in [0.5, 0.6) is 5.75 Å². The van der Waals surface area contributed by atoms with Crippen molar-refractivity contribution in [2.75, 3.05) is 18.2 Å². The van der Waals surface area contributed by atoms with Crippen molar-refractivity contribution in [3.8, 4) is 17.2 Å². The number of ether oxygens (including phenoxy) is 1. The van der Waals surface area contributed by atoms with Gasteiger partial charge in [-0.15, -0.1) is 11.3 Å². The number of anilines is 1. The summed E-state index contributed by atoms with van der Waals surface area (Å²) < 4.78 is 35.2. The van der Waals surface area contributed by atoms with E-state index in [2.05, 4.69) is 10.3 Å². The highest BCUT2D eigenvalue weighted by Crippen LogP contribution is 2.32. The number of amides is 1. The van der Waals surface area contributed by atoms with Gasteiger partial charge in [0, 0.05) is 16.3 Å². The van der Waals surface area contributed by atoms with E-state index in [9.17, 15) is 13.2 Å². The Balaban J connectivity index is 1.55. The van der Waals surface area contributed by atoms with Crippen LogP contribution in [0.15, 0.2) is 63.2 Å². The third-order valence-corrected chi connectivity index (χ3v) is 7.03. The fourth-order valence-electron chi connectivity index (χ4n) is 2.89. The molecule has 154 valence electrons. The standard InChI is InChI=1S/C21H18N2O5S2/c1-3-30(25,26)16-6-4-5-13(10-16)20(24)23-21-22-17(12-29-21)19-11-14-9-15(27-2)7-8-18(14)28-19/h4-12H,3H2,1-2H3,(H,22,23,24). The minimum Gasteiger partial charge on any atom is -0.497 e. The zero-order valence-corrected chi connectivity index (χ0v) is 17.8. The Morgan fingerprint density at radius 2 is 2.03 bits per heavy atom. The van der Waals surface area contributed by atoms with Crippen molar-refractivity contribution in [2.45, 2.75) is 11.8 Å². The number of methoxy groups -OCH3 is 1. The van der Waals surface area contributed by atoms with E-state index in [1.54, 1.807) is 31.5 Å². The summed E-state index contributed by atoms with van der Waals surface area (Å²) in [4.78, 5) is 17.1. The summed E-state index contributed by atoms with van der Waals surface area (Å²) in [6, 6.07) is 13.3. The summed E-state index contributed by atoms with van der Waals surface area (Å²) in [7, 11) is -1.79. The second-order valence-corrected chi connectivity index (χ2v) is 9.57. The van der Waals surface area contributed by atoms with Crippen molar-refractivity contribution in [1.29, 1.82) is 0 Å². The lowest BCUT2D eigenvalue weighted by Crippen LogP contribution is -2.13. The van der Waals surface area contributed by atoms with Crippen molar-refractivity contribution in [3.05, 3.63) is 59.5 Å². The van der Waals surface area contributed by atoms with Gasteiger partial charge in [-0.25, -0.2) is 13.4 Å². The molecule has 0 saturated heterocycles. The van der Waals surface area contributed by atoms with Gasteiger partial charge in [0.05, 0.1) is 17.8 Å². The molecule has 0 bridgehead atoms. The quantitative estimate of drug-likeness (QED) is 0.468. The number of thiazole rings is 1. The number of aromatic nitrogens is 1. The second-order valence-electron chi connectivity index (χ2n) is 6.44. The van der Waals surface area contributed by atoms with Gasteiger partial charge in [0.15, 0.2) is 20.7 Å². The lowest BCUT2D eigenvalue weighted by Gasteiger charge is -2.05. The van der Waals surface area contributed by atoms with Crippen LogP contribution in [0.25, 0.3) is 22.4 Å². The van der Waals surface area contributed by atoms with Crippen LogP contribution in [0.4, 0.5) is 5.13 Å². The highest BCUT2D eigenvalue weighted by Gasteiger charge is 2.16. The molecule has 0 fully saturated rings. The first kappa shape index (κ1) is 20.1. The minimum atomic E-state index is -3.39. The first-order chi connectivity index (χ1) is 14.4. The molecule has 0 aliphatic rings. The first-order valence-electron chi connectivity index (χ1n) is 9.07. The Kier molecular flexibility index (Phi) is 5.31. The van der Waals surface area contributed by atoms with Gasteiger partial charge in [0.1, 0.15) is 17.0 Å². The van der Waals surface area contributed by atoms with Crippen molar-refractivity contribution in [1.82, 2.24) is 4.98 Å². The number of hydrogen-bond donors (Lipinski definition) is 1. The molecule has 2 aromatic heterocycles. The van der Waals surface area contributed by atoms with Crippen molar-refractivity contribution >= 4 is 43.2 Å². The molecule has 7 nitrogen and oxygen atoms in total. The number of nitrogens with one attached hydrogen (secondary N) is 1. The van der Waals surface area contributed by atoms with Crippen molar-refractivity contribution in [2.24, 2.45) is 0 Å². The summed E-state index contributed by atoms with van der Waals surface area (Å²) >= 11 is 1.25. The van der Waals surface area contributed by atoms with Crippen LogP contribution in [0.1, 0.15) is 17.3 Å². The maximum Gasteiger partial charge on any atom is 0.257 e. The molecule has 0 saturated carbocycles. The van der Waals surface area contributed by atoms with E-state index >= 15 is 0 Å². The third-order valence-electron chi connectivity index (χ3n) is 4.54. The zero-order chi connectivity index (χ0) is 21.3. The summed E-state index contributed by atoms with van der Waals surface area (Å²) in [6.07, 6.45) is 0. The van der Waals surface area contributed by atoms with Crippen molar-refractivity contribution in [3.63, 3.8) is 0 Å². The average Bonchev–Trinajstić information content (AvgIpc) is 3.39. The average molecular weight is 443 g/mol. The first-order valence-corrected chi connectivity index (χ1v) is 11.6. The lowest BCUT2D eigenvalue weighted by atomic mass is 10.2. The molecule has 0 unspecified atom stereocenters. The fraction of sp³-hybridized carbons (Fsp3) is 0.143. The van der Waals surface area contributed by atoms with E-state index in [1.807, 2.05) is 24.3 Å². The number of benzene rings is 2.